The van der Waals surface area contributed by atoms with Crippen LogP contribution < -0.4 is 10.5 Å². The van der Waals surface area contributed by atoms with Gasteiger partial charge in [0.05, 0.1) is 5.69 Å². The van der Waals surface area contributed by atoms with Crippen molar-refractivity contribution >= 4 is 21.5 Å². The van der Waals surface area contributed by atoms with Crippen molar-refractivity contribution in [3.8, 4) is 0 Å². The monoisotopic (exact) mass is 285 g/mol. The van der Waals surface area contributed by atoms with E-state index in [1.165, 1.54) is 18.3 Å². The number of pyridine rings is 1. The van der Waals surface area contributed by atoms with E-state index in [9.17, 15) is 17.2 Å². The van der Waals surface area contributed by atoms with Gasteiger partial charge in [-0.2, -0.15) is 0 Å². The second-order valence-corrected chi connectivity index (χ2v) is 5.27. The first-order valence-corrected chi connectivity index (χ1v) is 6.57. The molecule has 0 radical (unpaired) electrons. The van der Waals surface area contributed by atoms with E-state index in [-0.39, 0.29) is 11.5 Å². The van der Waals surface area contributed by atoms with Crippen LogP contribution in [-0.4, -0.2) is 13.4 Å². The summed E-state index contributed by atoms with van der Waals surface area (Å²) in [5.74, 6) is -2.08. The van der Waals surface area contributed by atoms with E-state index in [0.29, 0.717) is 6.07 Å². The zero-order valence-electron chi connectivity index (χ0n) is 9.47. The highest BCUT2D eigenvalue weighted by atomic mass is 32.2. The molecule has 1 aromatic carbocycles. The molecule has 8 heteroatoms. The number of nitrogens with zero attached hydrogens (tertiary/aromatic N) is 1. The topological polar surface area (TPSA) is 85.1 Å². The van der Waals surface area contributed by atoms with Gasteiger partial charge in [-0.3, -0.25) is 4.72 Å². The number of aromatic nitrogens is 1. The summed E-state index contributed by atoms with van der Waals surface area (Å²) >= 11 is 0. The third-order valence-electron chi connectivity index (χ3n) is 2.25. The highest BCUT2D eigenvalue weighted by Crippen LogP contribution is 2.21. The molecule has 0 bridgehead atoms. The number of hydrogen-bond donors (Lipinski definition) is 2. The number of nitrogens with two attached hydrogens (primary N) is 1. The van der Waals surface area contributed by atoms with Crippen molar-refractivity contribution in [1.29, 1.82) is 0 Å². The predicted octanol–water partition coefficient (Wildman–Crippen LogP) is 1.74. The van der Waals surface area contributed by atoms with Crippen molar-refractivity contribution in [3.63, 3.8) is 0 Å². The third-order valence-corrected chi connectivity index (χ3v) is 3.61. The number of halogens is 2. The van der Waals surface area contributed by atoms with E-state index in [0.717, 1.165) is 12.1 Å². The molecule has 19 heavy (non-hydrogen) atoms. The zero-order chi connectivity index (χ0) is 14.0. The van der Waals surface area contributed by atoms with Crippen LogP contribution in [0.2, 0.25) is 0 Å². The smallest absolute Gasteiger partial charge is 0.266 e. The molecule has 0 aliphatic carbocycles. The summed E-state index contributed by atoms with van der Waals surface area (Å²) in [5.41, 5.74) is 5.59. The van der Waals surface area contributed by atoms with Gasteiger partial charge in [0.2, 0.25) is 0 Å². The van der Waals surface area contributed by atoms with Gasteiger partial charge in [-0.1, -0.05) is 0 Å². The quantitative estimate of drug-likeness (QED) is 0.899. The van der Waals surface area contributed by atoms with Crippen molar-refractivity contribution in [2.24, 2.45) is 0 Å². The number of nitrogen functional groups attached to an aromatic ring is 1. The number of hydrogen-bond acceptors (Lipinski definition) is 4. The van der Waals surface area contributed by atoms with Gasteiger partial charge in [0.15, 0.2) is 5.82 Å². The Kier molecular flexibility index (Phi) is 3.34. The first kappa shape index (κ1) is 13.2. The second kappa shape index (κ2) is 4.81. The van der Waals surface area contributed by atoms with E-state index < -0.39 is 26.6 Å². The van der Waals surface area contributed by atoms with E-state index in [1.807, 2.05) is 4.72 Å². The van der Waals surface area contributed by atoms with E-state index in [2.05, 4.69) is 4.98 Å². The first-order valence-electron chi connectivity index (χ1n) is 5.08. The maximum Gasteiger partial charge on any atom is 0.266 e. The molecular formula is C11H9F2N3O2S. The van der Waals surface area contributed by atoms with Gasteiger partial charge in [-0.25, -0.2) is 22.2 Å². The Morgan fingerprint density at radius 2 is 1.95 bits per heavy atom. The Balaban J connectivity index is 2.44. The third kappa shape index (κ3) is 2.79. The minimum absolute atomic E-state index is 0.0721. The molecule has 0 saturated carbocycles. The molecule has 2 rings (SSSR count). The molecule has 0 saturated heterocycles. The van der Waals surface area contributed by atoms with E-state index >= 15 is 0 Å². The van der Waals surface area contributed by atoms with Gasteiger partial charge < -0.3 is 5.73 Å². The Morgan fingerprint density at radius 3 is 2.63 bits per heavy atom. The lowest BCUT2D eigenvalue weighted by Crippen LogP contribution is -2.16. The van der Waals surface area contributed by atoms with E-state index in [1.54, 1.807) is 0 Å². The molecule has 0 spiro atoms. The van der Waals surface area contributed by atoms with Crippen LogP contribution in [0.1, 0.15) is 0 Å². The Hall–Kier alpha value is -2.22. The maximum atomic E-state index is 13.4. The molecule has 0 unspecified atom stereocenters. The number of rotatable bonds is 3. The number of sulfonamides is 1. The SMILES string of the molecule is Nc1cccnc1NS(=O)(=O)c1cc(F)ccc1F. The van der Waals surface area contributed by atoms with Crippen LogP contribution in [0.3, 0.4) is 0 Å². The van der Waals surface area contributed by atoms with Crippen LogP contribution in [0.5, 0.6) is 0 Å². The predicted molar refractivity (Wildman–Crippen MR) is 65.8 cm³/mol. The lowest BCUT2D eigenvalue weighted by molar-refractivity contribution is 0.555. The zero-order valence-corrected chi connectivity index (χ0v) is 10.3. The highest BCUT2D eigenvalue weighted by molar-refractivity contribution is 7.92. The molecule has 100 valence electrons. The number of nitrogens with one attached hydrogen (secondary N) is 1. The van der Waals surface area contributed by atoms with Crippen molar-refractivity contribution in [1.82, 2.24) is 4.98 Å². The average molecular weight is 285 g/mol. The van der Waals surface area contributed by atoms with Crippen LogP contribution in [0.4, 0.5) is 20.3 Å². The fraction of sp³-hybridized carbons (Fsp3) is 0. The first-order chi connectivity index (χ1) is 8.90. The molecule has 0 aliphatic rings. The molecule has 0 atom stereocenters. The minimum atomic E-state index is -4.30. The number of anilines is 2. The van der Waals surface area contributed by atoms with Gasteiger partial charge in [-0.05, 0) is 30.3 Å². The minimum Gasteiger partial charge on any atom is -0.396 e. The molecule has 2 aromatic rings. The van der Waals surface area contributed by atoms with Gasteiger partial charge in [0.25, 0.3) is 10.0 Å². The van der Waals surface area contributed by atoms with Gasteiger partial charge >= 0.3 is 0 Å². The molecule has 5 nitrogen and oxygen atoms in total. The standard InChI is InChI=1S/C11H9F2N3O2S/c12-7-3-4-8(13)10(6-7)19(17,18)16-11-9(14)2-1-5-15-11/h1-6H,14H2,(H,15,16). The lowest BCUT2D eigenvalue weighted by Gasteiger charge is -2.09. The molecule has 0 aliphatic heterocycles. The van der Waals surface area contributed by atoms with Crippen molar-refractivity contribution in [3.05, 3.63) is 48.2 Å². The molecule has 0 fully saturated rings. The molecule has 3 N–H and O–H groups in total. The second-order valence-electron chi connectivity index (χ2n) is 3.62. The fourth-order valence-electron chi connectivity index (χ4n) is 1.37. The number of benzene rings is 1. The van der Waals surface area contributed by atoms with Gasteiger partial charge in [0.1, 0.15) is 16.5 Å². The van der Waals surface area contributed by atoms with Crippen LogP contribution >= 0.6 is 0 Å². The largest absolute Gasteiger partial charge is 0.396 e. The van der Waals surface area contributed by atoms with Crippen molar-refractivity contribution in [2.75, 3.05) is 10.5 Å². The van der Waals surface area contributed by atoms with Gasteiger partial charge in [-0.15, -0.1) is 0 Å². The maximum absolute atomic E-state index is 13.4. The summed E-state index contributed by atoms with van der Waals surface area (Å²) in [6, 6.07) is 5.06. The fourth-order valence-corrected chi connectivity index (χ4v) is 2.50. The van der Waals surface area contributed by atoms with Crippen LogP contribution in [0.25, 0.3) is 0 Å². The Labute approximate surface area is 108 Å². The molecule has 1 heterocycles. The van der Waals surface area contributed by atoms with Gasteiger partial charge in [0, 0.05) is 6.20 Å². The molecular weight excluding hydrogens is 276 g/mol. The molecule has 1 aromatic heterocycles. The normalized spacial score (nSPS) is 11.3. The van der Waals surface area contributed by atoms with Crippen molar-refractivity contribution < 1.29 is 17.2 Å². The highest BCUT2D eigenvalue weighted by Gasteiger charge is 2.21. The summed E-state index contributed by atoms with van der Waals surface area (Å²) in [4.78, 5) is 2.90. The average Bonchev–Trinajstić information content (AvgIpc) is 2.35. The van der Waals surface area contributed by atoms with Crippen molar-refractivity contribution in [2.45, 2.75) is 4.90 Å². The summed E-state index contributed by atoms with van der Waals surface area (Å²) in [6.45, 7) is 0. The summed E-state index contributed by atoms with van der Waals surface area (Å²) in [7, 11) is -4.30. The lowest BCUT2D eigenvalue weighted by atomic mass is 10.3. The summed E-state index contributed by atoms with van der Waals surface area (Å²) < 4.78 is 52.3. The Morgan fingerprint density at radius 1 is 1.21 bits per heavy atom. The van der Waals surface area contributed by atoms with Crippen LogP contribution in [-0.2, 0) is 10.0 Å². The Bertz CT molecular complexity index is 720. The van der Waals surface area contributed by atoms with Crippen LogP contribution in [0, 0.1) is 11.6 Å². The summed E-state index contributed by atoms with van der Waals surface area (Å²) in [6.07, 6.45) is 1.32. The van der Waals surface area contributed by atoms with Crippen LogP contribution in [0.15, 0.2) is 41.4 Å². The van der Waals surface area contributed by atoms with E-state index in [4.69, 9.17) is 5.73 Å². The summed E-state index contributed by atoms with van der Waals surface area (Å²) in [5, 5.41) is 0. The molecule has 0 amide bonds.